The van der Waals surface area contributed by atoms with Crippen molar-refractivity contribution in [2.45, 2.75) is 38.5 Å². The lowest BCUT2D eigenvalue weighted by atomic mass is 9.80. The molecule has 5 aromatic heterocycles. The highest BCUT2D eigenvalue weighted by molar-refractivity contribution is 7.28. The monoisotopic (exact) mass is 1570 g/mol. The van der Waals surface area contributed by atoms with Gasteiger partial charge in [-0.2, -0.15) is 0 Å². The quantitative estimate of drug-likeness (QED) is 0.155. The van der Waals surface area contributed by atoms with E-state index in [2.05, 4.69) is 373 Å². The van der Waals surface area contributed by atoms with Crippen LogP contribution in [0.1, 0.15) is 49.9 Å². The van der Waals surface area contributed by atoms with Crippen LogP contribution < -0.4 is 0 Å². The molecule has 0 amide bonds. The Labute approximate surface area is 698 Å². The van der Waals surface area contributed by atoms with Gasteiger partial charge in [-0.1, -0.05) is 307 Å². The van der Waals surface area contributed by atoms with Gasteiger partial charge < -0.3 is 0 Å². The second-order valence-corrected chi connectivity index (χ2v) is 37.9. The van der Waals surface area contributed by atoms with Crippen LogP contribution in [0.4, 0.5) is 0 Å². The SMILES string of the molecule is CC1(C)c2cccc3c2-c2c1ccc1c(-c4cccc(-c5ccccc5)c4)cc4sc5cccc-3c5c4c21.CC1(C)c2cccc3c2-c2c1ccc1c(-c4cccc(-c5ccccc5)n4)cc4sc5cccc-3c5c4c21.c1ccc(-c2ccccc2-c2ccccc2-c2cc3sc4cccc5c4c3c3c2ccc2sc4cccc-5c4c23)cc1. The lowest BCUT2D eigenvalue weighted by molar-refractivity contribution is 0.661. The first-order valence-electron chi connectivity index (χ1n) is 41.0. The van der Waals surface area contributed by atoms with E-state index in [0.717, 1.165) is 17.0 Å². The Morgan fingerprint density at radius 1 is 0.178 bits per heavy atom. The average Bonchev–Trinajstić information content (AvgIpc) is 1.50. The molecule has 0 bridgehead atoms. The van der Waals surface area contributed by atoms with E-state index in [9.17, 15) is 0 Å². The molecule has 5 aliphatic carbocycles. The van der Waals surface area contributed by atoms with Crippen molar-refractivity contribution in [3.05, 3.63) is 368 Å². The summed E-state index contributed by atoms with van der Waals surface area (Å²) < 4.78 is 10.9. The van der Waals surface area contributed by atoms with Gasteiger partial charge in [0.2, 0.25) is 0 Å². The van der Waals surface area contributed by atoms with Crippen LogP contribution in [-0.4, -0.2) is 4.98 Å². The molecule has 23 aromatic rings. The zero-order chi connectivity index (χ0) is 77.7. The van der Waals surface area contributed by atoms with Crippen molar-refractivity contribution in [2.75, 3.05) is 0 Å². The Kier molecular flexibility index (Phi) is 14.0. The standard InChI is InChI=1S/C40H22S2.C37H24S.C36H23NS/c1-2-10-23(11-3-1)24-12-4-5-13-25(24)26-14-6-7-15-27(26)31-22-35-40-37-29(17-9-19-33(37)42-35)28-16-8-18-32-36(28)39-34(41-32)21-20-30(31)38(39)40;1-37(2)28-15-7-13-24-25-14-8-16-30-33(25)36-31(38-30)20-27(26-17-18-29(37)35(32(24)28)34(26)36)23-12-6-11-22(19-23)21-9-4-3-5-10-21;1-36(2)25-13-6-11-21-22-12-7-16-29-32(22)35-30(38-29)19-24(23-17-18-26(36)34(31(21)25)33(23)35)28-15-8-14-27(37-28)20-9-4-3-5-10-20/h1-22H;3-20H,1-2H3;3-19H,1-2H3. The van der Waals surface area contributed by atoms with Crippen LogP contribution in [0.2, 0.25) is 0 Å². The van der Waals surface area contributed by atoms with E-state index in [1.807, 2.05) is 45.3 Å². The van der Waals surface area contributed by atoms with Gasteiger partial charge in [-0.05, 0) is 227 Å². The summed E-state index contributed by atoms with van der Waals surface area (Å²) in [4.78, 5) is 5.21. The number of hydrogen-bond acceptors (Lipinski definition) is 5. The Morgan fingerprint density at radius 3 is 1.07 bits per heavy atom. The molecule has 18 aromatic carbocycles. The van der Waals surface area contributed by atoms with Crippen molar-refractivity contribution in [2.24, 2.45) is 0 Å². The summed E-state index contributed by atoms with van der Waals surface area (Å²) in [5, 5.41) is 19.6. The van der Waals surface area contributed by atoms with Gasteiger partial charge in [0.05, 0.1) is 11.4 Å². The summed E-state index contributed by atoms with van der Waals surface area (Å²) in [5.74, 6) is 0. The number of benzene rings is 18. The predicted octanol–water partition coefficient (Wildman–Crippen LogP) is 33.6. The van der Waals surface area contributed by atoms with E-state index < -0.39 is 0 Å². The zero-order valence-electron chi connectivity index (χ0n) is 65.0. The van der Waals surface area contributed by atoms with Gasteiger partial charge in [0.15, 0.2) is 0 Å². The van der Waals surface area contributed by atoms with Gasteiger partial charge in [-0.3, -0.25) is 0 Å². The Hall–Kier alpha value is -13.2. The van der Waals surface area contributed by atoms with Crippen LogP contribution in [0.5, 0.6) is 0 Å². The Balaban J connectivity index is 0.0000000964. The number of aromatic nitrogens is 1. The second kappa shape index (κ2) is 24.7. The molecule has 5 heterocycles. The van der Waals surface area contributed by atoms with Crippen molar-refractivity contribution in [3.63, 3.8) is 0 Å². The molecule has 550 valence electrons. The Morgan fingerprint density at radius 2 is 0.517 bits per heavy atom. The number of rotatable bonds is 7. The minimum Gasteiger partial charge on any atom is -0.248 e. The minimum atomic E-state index is -0.0376. The summed E-state index contributed by atoms with van der Waals surface area (Å²) in [6, 6.07) is 128. The van der Waals surface area contributed by atoms with Crippen molar-refractivity contribution in [3.8, 4) is 134 Å². The van der Waals surface area contributed by atoms with E-state index >= 15 is 0 Å². The summed E-state index contributed by atoms with van der Waals surface area (Å²) in [6.45, 7) is 9.56. The molecule has 28 rings (SSSR count). The molecule has 0 fully saturated rings. The van der Waals surface area contributed by atoms with Crippen molar-refractivity contribution in [1.29, 1.82) is 0 Å². The average molecular weight is 1570 g/mol. The van der Waals surface area contributed by atoms with E-state index in [1.54, 1.807) is 0 Å². The van der Waals surface area contributed by atoms with E-state index in [4.69, 9.17) is 4.98 Å². The van der Waals surface area contributed by atoms with Gasteiger partial charge >= 0.3 is 0 Å². The second-order valence-electron chi connectivity index (χ2n) is 33.6. The first-order valence-corrected chi connectivity index (χ1v) is 44.2. The molecule has 0 unspecified atom stereocenters. The van der Waals surface area contributed by atoms with Crippen molar-refractivity contribution < 1.29 is 0 Å². The fourth-order valence-corrected chi connectivity index (χ4v) is 26.4. The minimum absolute atomic E-state index is 0.0220. The maximum absolute atomic E-state index is 5.21. The van der Waals surface area contributed by atoms with Gasteiger partial charge in [0.1, 0.15) is 0 Å². The van der Waals surface area contributed by atoms with Gasteiger partial charge in [-0.25, -0.2) is 4.98 Å². The molecule has 1 nitrogen and oxygen atoms in total. The third-order valence-corrected chi connectivity index (χ3v) is 31.3. The third-order valence-electron chi connectivity index (χ3n) is 26.8. The van der Waals surface area contributed by atoms with Crippen LogP contribution >= 0.6 is 45.3 Å². The summed E-state index contributed by atoms with van der Waals surface area (Å²) in [5.41, 5.74) is 36.9. The zero-order valence-corrected chi connectivity index (χ0v) is 68.3. The fraction of sp³-hybridized carbons (Fsp3) is 0.0531. The first-order chi connectivity index (χ1) is 58.1. The molecular weight excluding hydrogens is 1500 g/mol. The van der Waals surface area contributed by atoms with Crippen LogP contribution in [-0.2, 0) is 10.8 Å². The maximum atomic E-state index is 5.21. The van der Waals surface area contributed by atoms with Gasteiger partial charge in [-0.15, -0.1) is 45.3 Å². The number of thiophene rings is 4. The van der Waals surface area contributed by atoms with Gasteiger partial charge in [0, 0.05) is 108 Å². The van der Waals surface area contributed by atoms with E-state index in [0.29, 0.717) is 0 Å². The van der Waals surface area contributed by atoms with Crippen LogP contribution in [0.3, 0.4) is 0 Å². The lowest BCUT2D eigenvalue weighted by Gasteiger charge is -2.22. The molecule has 118 heavy (non-hydrogen) atoms. The molecule has 5 aliphatic rings. The lowest BCUT2D eigenvalue weighted by Crippen LogP contribution is -2.15. The molecule has 5 heteroatoms. The molecule has 0 aliphatic heterocycles. The normalized spacial score (nSPS) is 13.6. The molecule has 0 saturated heterocycles. The van der Waals surface area contributed by atoms with Crippen molar-refractivity contribution in [1.82, 2.24) is 4.98 Å². The highest BCUT2D eigenvalue weighted by Crippen LogP contribution is 2.64. The molecular formula is C113H69NS4. The summed E-state index contributed by atoms with van der Waals surface area (Å²) in [6.07, 6.45) is 0. The number of nitrogens with zero attached hydrogens (tertiary/aromatic N) is 1. The number of fused-ring (bicyclic) bond motifs is 3. The topological polar surface area (TPSA) is 12.9 Å². The van der Waals surface area contributed by atoms with Crippen LogP contribution in [0.15, 0.2) is 346 Å². The van der Waals surface area contributed by atoms with Crippen LogP contribution in [0.25, 0.3) is 247 Å². The number of pyridine rings is 1. The largest absolute Gasteiger partial charge is 0.248 e. The molecule has 0 N–H and O–H groups in total. The maximum Gasteiger partial charge on any atom is 0.0716 e. The predicted molar refractivity (Wildman–Crippen MR) is 511 cm³/mol. The Bertz CT molecular complexity index is 8070. The van der Waals surface area contributed by atoms with E-state index in [-0.39, 0.29) is 10.8 Å². The third kappa shape index (κ3) is 9.22. The highest BCUT2D eigenvalue weighted by Gasteiger charge is 2.43. The smallest absolute Gasteiger partial charge is 0.0716 e. The van der Waals surface area contributed by atoms with Crippen molar-refractivity contribution >= 4 is 158 Å². The highest BCUT2D eigenvalue weighted by atomic mass is 32.1. The summed E-state index contributed by atoms with van der Waals surface area (Å²) in [7, 11) is 0. The first kappa shape index (κ1) is 67.0. The van der Waals surface area contributed by atoms with Crippen LogP contribution in [0, 0.1) is 0 Å². The number of hydrogen-bond donors (Lipinski definition) is 0. The summed E-state index contributed by atoms with van der Waals surface area (Å²) >= 11 is 7.71. The molecule has 0 saturated carbocycles. The fourth-order valence-electron chi connectivity index (χ4n) is 21.7. The molecule has 0 spiro atoms. The van der Waals surface area contributed by atoms with E-state index in [1.165, 1.54) is 252 Å². The molecule has 0 radical (unpaired) electrons. The molecule has 0 atom stereocenters. The van der Waals surface area contributed by atoms with Gasteiger partial charge in [0.25, 0.3) is 0 Å².